The van der Waals surface area contributed by atoms with E-state index in [4.69, 9.17) is 11.6 Å². The zero-order valence-electron chi connectivity index (χ0n) is 7.83. The van der Waals surface area contributed by atoms with E-state index in [0.29, 0.717) is 6.54 Å². The molecule has 0 aromatic heterocycles. The summed E-state index contributed by atoms with van der Waals surface area (Å²) in [4.78, 5) is 23.8. The molecule has 1 N–H and O–H groups in total. The van der Waals surface area contributed by atoms with Crippen molar-refractivity contribution >= 4 is 32.4 Å². The second-order valence-electron chi connectivity index (χ2n) is 3.27. The van der Waals surface area contributed by atoms with Crippen LogP contribution in [0.5, 0.6) is 0 Å². The Morgan fingerprint density at radius 2 is 2.29 bits per heavy atom. The number of carbonyl (C=O) groups excluding carboxylic acids is 2. The summed E-state index contributed by atoms with van der Waals surface area (Å²) >= 11 is 5.34. The Morgan fingerprint density at radius 3 is 2.86 bits per heavy atom. The van der Waals surface area contributed by atoms with Crippen molar-refractivity contribution in [1.29, 1.82) is 0 Å². The van der Waals surface area contributed by atoms with Crippen molar-refractivity contribution in [2.75, 3.05) is 19.0 Å². The number of hydrogen-bond acceptors (Lipinski definition) is 2. The zero-order chi connectivity index (χ0) is 10.6. The average Bonchev–Trinajstić information content (AvgIpc) is 2.62. The molecule has 1 fully saturated rings. The molecule has 1 aliphatic heterocycles. The molecule has 0 saturated carbocycles. The second-order valence-corrected chi connectivity index (χ2v) is 4.03. The highest BCUT2D eigenvalue weighted by atomic mass is 35.5. The quantitative estimate of drug-likeness (QED) is 0.582. The van der Waals surface area contributed by atoms with Crippen molar-refractivity contribution in [3.8, 4) is 0 Å². The van der Waals surface area contributed by atoms with Crippen LogP contribution in [0.3, 0.4) is 0 Å². The Morgan fingerprint density at radius 1 is 1.57 bits per heavy atom. The Bertz CT molecular complexity index is 237. The van der Waals surface area contributed by atoms with Crippen molar-refractivity contribution in [3.05, 3.63) is 0 Å². The maximum atomic E-state index is 11.1. The van der Waals surface area contributed by atoms with Gasteiger partial charge >= 0.3 is 0 Å². The topological polar surface area (TPSA) is 49.4 Å². The number of hydrogen-bond donors (Lipinski definition) is 1. The molecule has 2 amide bonds. The van der Waals surface area contributed by atoms with Gasteiger partial charge in [-0.25, -0.2) is 0 Å². The second kappa shape index (κ2) is 5.52. The van der Waals surface area contributed by atoms with Crippen LogP contribution < -0.4 is 5.32 Å². The minimum absolute atomic E-state index is 0.00683. The fourth-order valence-electron chi connectivity index (χ4n) is 1.62. The lowest BCUT2D eigenvalue weighted by Crippen LogP contribution is -2.41. The number of alkyl halides is 1. The number of likely N-dealkylation sites (tertiary alicyclic amines) is 1. The summed E-state index contributed by atoms with van der Waals surface area (Å²) in [5.41, 5.74) is -0.00683. The van der Waals surface area contributed by atoms with Gasteiger partial charge in [0.15, 0.2) is 0 Å². The van der Waals surface area contributed by atoms with Gasteiger partial charge in [0.25, 0.3) is 0 Å². The standard InChI is InChI=1S/C8H14ClN2O2P/c9-4-7(12)10-5-6-2-1-3-11(6)8(13)14/h6H,1-5,14H2,(H,10,12). The number of amides is 2. The molecule has 0 aliphatic carbocycles. The van der Waals surface area contributed by atoms with Gasteiger partial charge < -0.3 is 10.2 Å². The van der Waals surface area contributed by atoms with Crippen molar-refractivity contribution < 1.29 is 9.59 Å². The molecule has 1 aliphatic rings. The molecule has 0 spiro atoms. The van der Waals surface area contributed by atoms with Crippen LogP contribution in [0.25, 0.3) is 0 Å². The Kier molecular flexibility index (Phi) is 4.63. The lowest BCUT2D eigenvalue weighted by Gasteiger charge is -2.23. The molecule has 6 heteroatoms. The van der Waals surface area contributed by atoms with Crippen molar-refractivity contribution in [2.45, 2.75) is 18.9 Å². The van der Waals surface area contributed by atoms with E-state index in [0.717, 1.165) is 19.4 Å². The van der Waals surface area contributed by atoms with E-state index in [9.17, 15) is 9.59 Å². The largest absolute Gasteiger partial charge is 0.353 e. The van der Waals surface area contributed by atoms with Crippen LogP contribution in [0.2, 0.25) is 0 Å². The summed E-state index contributed by atoms with van der Waals surface area (Å²) in [5, 5.41) is 2.69. The molecular weight excluding hydrogens is 223 g/mol. The first-order valence-corrected chi connectivity index (χ1v) is 5.65. The van der Waals surface area contributed by atoms with E-state index in [1.54, 1.807) is 4.90 Å². The van der Waals surface area contributed by atoms with Gasteiger partial charge in [-0.2, -0.15) is 0 Å². The molecule has 2 unspecified atom stereocenters. The minimum Gasteiger partial charge on any atom is -0.353 e. The summed E-state index contributed by atoms with van der Waals surface area (Å²) in [5.74, 6) is -0.212. The SMILES string of the molecule is O=C(CCl)NCC1CCCN1C(=O)P. The van der Waals surface area contributed by atoms with Crippen LogP contribution in [-0.2, 0) is 4.79 Å². The summed E-state index contributed by atoms with van der Waals surface area (Å²) in [6.07, 6.45) is 1.95. The molecule has 1 heterocycles. The maximum Gasteiger partial charge on any atom is 0.237 e. The number of nitrogens with one attached hydrogen (secondary N) is 1. The number of rotatable bonds is 3. The molecule has 1 saturated heterocycles. The summed E-state index contributed by atoms with van der Waals surface area (Å²) in [6.45, 7) is 1.29. The predicted octanol–water partition coefficient (Wildman–Crippen LogP) is 0.801. The van der Waals surface area contributed by atoms with Crippen LogP contribution >= 0.6 is 20.8 Å². The molecule has 80 valence electrons. The van der Waals surface area contributed by atoms with Crippen molar-refractivity contribution in [1.82, 2.24) is 10.2 Å². The predicted molar refractivity (Wildman–Crippen MR) is 58.6 cm³/mol. The molecule has 0 aromatic carbocycles. The van der Waals surface area contributed by atoms with E-state index in [1.807, 2.05) is 0 Å². The van der Waals surface area contributed by atoms with Gasteiger partial charge in [0, 0.05) is 19.1 Å². The Labute approximate surface area is 90.6 Å². The van der Waals surface area contributed by atoms with Gasteiger partial charge in [-0.1, -0.05) is 0 Å². The third kappa shape index (κ3) is 3.10. The summed E-state index contributed by atoms with van der Waals surface area (Å²) < 4.78 is 0. The lowest BCUT2D eigenvalue weighted by atomic mass is 10.2. The number of carbonyl (C=O) groups is 2. The van der Waals surface area contributed by atoms with E-state index < -0.39 is 0 Å². The molecule has 1 rings (SSSR count). The Hall–Kier alpha value is -0.340. The van der Waals surface area contributed by atoms with Crippen LogP contribution in [0, 0.1) is 0 Å². The molecule has 2 atom stereocenters. The molecule has 4 nitrogen and oxygen atoms in total. The molecule has 14 heavy (non-hydrogen) atoms. The van der Waals surface area contributed by atoms with E-state index in [-0.39, 0.29) is 23.5 Å². The smallest absolute Gasteiger partial charge is 0.237 e. The van der Waals surface area contributed by atoms with Gasteiger partial charge in [-0.3, -0.25) is 9.59 Å². The fourth-order valence-corrected chi connectivity index (χ4v) is 2.05. The van der Waals surface area contributed by atoms with Gasteiger partial charge in [-0.15, -0.1) is 11.6 Å². The van der Waals surface area contributed by atoms with Crippen LogP contribution in [0.15, 0.2) is 0 Å². The molecule has 0 radical (unpaired) electrons. The highest BCUT2D eigenvalue weighted by molar-refractivity contribution is 7.39. The summed E-state index contributed by atoms with van der Waals surface area (Å²) in [6, 6.07) is 0.132. The third-order valence-corrected chi connectivity index (χ3v) is 2.89. The normalized spacial score (nSPS) is 21.0. The van der Waals surface area contributed by atoms with Gasteiger partial charge in [-0.05, 0) is 22.1 Å². The van der Waals surface area contributed by atoms with Crippen molar-refractivity contribution in [3.63, 3.8) is 0 Å². The lowest BCUT2D eigenvalue weighted by molar-refractivity contribution is -0.118. The minimum atomic E-state index is -0.185. The Balaban J connectivity index is 2.36. The van der Waals surface area contributed by atoms with Gasteiger partial charge in [0.2, 0.25) is 11.6 Å². The van der Waals surface area contributed by atoms with Gasteiger partial charge in [0.1, 0.15) is 5.88 Å². The first-order valence-electron chi connectivity index (χ1n) is 4.54. The van der Waals surface area contributed by atoms with E-state index in [2.05, 4.69) is 14.6 Å². The average molecular weight is 237 g/mol. The van der Waals surface area contributed by atoms with Crippen LogP contribution in [0.1, 0.15) is 12.8 Å². The third-order valence-electron chi connectivity index (χ3n) is 2.32. The fraction of sp³-hybridized carbons (Fsp3) is 0.750. The van der Waals surface area contributed by atoms with Crippen LogP contribution in [0.4, 0.5) is 4.79 Å². The summed E-state index contributed by atoms with van der Waals surface area (Å²) in [7, 11) is 2.16. The van der Waals surface area contributed by atoms with Crippen LogP contribution in [-0.4, -0.2) is 41.5 Å². The zero-order valence-corrected chi connectivity index (χ0v) is 9.74. The van der Waals surface area contributed by atoms with E-state index >= 15 is 0 Å². The van der Waals surface area contributed by atoms with Crippen molar-refractivity contribution in [2.24, 2.45) is 0 Å². The first-order chi connectivity index (χ1) is 6.65. The molecule has 0 bridgehead atoms. The number of halogens is 1. The highest BCUT2D eigenvalue weighted by Gasteiger charge is 2.26. The number of nitrogens with zero attached hydrogens (tertiary/aromatic N) is 1. The van der Waals surface area contributed by atoms with Gasteiger partial charge in [0.05, 0.1) is 0 Å². The highest BCUT2D eigenvalue weighted by Crippen LogP contribution is 2.18. The molecular formula is C8H14ClN2O2P. The maximum absolute atomic E-state index is 11.1. The molecule has 0 aromatic rings. The van der Waals surface area contributed by atoms with E-state index in [1.165, 1.54) is 0 Å². The first kappa shape index (κ1) is 11.7. The monoisotopic (exact) mass is 236 g/mol.